The average Bonchev–Trinajstić information content (AvgIpc) is 2.97. The van der Waals surface area contributed by atoms with E-state index in [-0.39, 0.29) is 17.4 Å². The van der Waals surface area contributed by atoms with Gasteiger partial charge in [-0.05, 0) is 36.4 Å². The summed E-state index contributed by atoms with van der Waals surface area (Å²) in [7, 11) is 1.54. The van der Waals surface area contributed by atoms with Crippen LogP contribution in [0, 0.1) is 10.1 Å². The van der Waals surface area contributed by atoms with Crippen molar-refractivity contribution in [1.29, 1.82) is 0 Å². The molecule has 3 rings (SSSR count). The Bertz CT molecular complexity index is 959. The van der Waals surface area contributed by atoms with Crippen LogP contribution in [0.4, 0.5) is 17.1 Å². The number of hydrogen-bond acceptors (Lipinski definition) is 6. The fraction of sp³-hybridized carbons (Fsp3) is 0.167. The van der Waals surface area contributed by atoms with E-state index in [1.54, 1.807) is 24.3 Å². The van der Waals surface area contributed by atoms with Gasteiger partial charge >= 0.3 is 0 Å². The minimum absolute atomic E-state index is 0.0985. The van der Waals surface area contributed by atoms with Crippen molar-refractivity contribution in [1.82, 2.24) is 0 Å². The molecular weight excluding hydrogens is 432 g/mol. The lowest BCUT2D eigenvalue weighted by atomic mass is 10.2. The van der Waals surface area contributed by atoms with Crippen molar-refractivity contribution in [3.05, 3.63) is 58.6 Å². The summed E-state index contributed by atoms with van der Waals surface area (Å²) >= 11 is 3.29. The van der Waals surface area contributed by atoms with E-state index in [4.69, 9.17) is 4.74 Å². The molecule has 1 aliphatic heterocycles. The number of non-ortho nitro benzene ring substituents is 1. The first kappa shape index (κ1) is 19.5. The quantitative estimate of drug-likeness (QED) is 0.407. The molecule has 2 amide bonds. The number of carbonyl (C=O) groups excluding carboxylic acids is 2. The molecule has 2 aromatic rings. The molecule has 0 aromatic heterocycles. The van der Waals surface area contributed by atoms with E-state index in [2.05, 4.69) is 21.0 Å². The number of rotatable bonds is 4. The van der Waals surface area contributed by atoms with Gasteiger partial charge in [-0.1, -0.05) is 15.9 Å². The summed E-state index contributed by atoms with van der Waals surface area (Å²) in [5.74, 6) is 0.0796. The fourth-order valence-electron chi connectivity index (χ4n) is 2.69. The number of methoxy groups -OCH3 is 1. The molecule has 1 aliphatic rings. The zero-order valence-electron chi connectivity index (χ0n) is 14.9. The topological polar surface area (TPSA) is 105 Å². The summed E-state index contributed by atoms with van der Waals surface area (Å²) in [5.41, 5.74) is 0.779. The van der Waals surface area contributed by atoms with Crippen LogP contribution in [0.25, 0.3) is 0 Å². The molecule has 0 fully saturated rings. The molecule has 144 valence electrons. The minimum atomic E-state index is -0.853. The highest BCUT2D eigenvalue weighted by Gasteiger charge is 2.39. The number of hydrazone groups is 1. The number of alkyl halides is 1. The highest BCUT2D eigenvalue weighted by Crippen LogP contribution is 2.30. The van der Waals surface area contributed by atoms with Gasteiger partial charge in [0, 0.05) is 19.1 Å². The highest BCUT2D eigenvalue weighted by atomic mass is 79.9. The van der Waals surface area contributed by atoms with E-state index < -0.39 is 15.7 Å². The number of amides is 2. The maximum absolute atomic E-state index is 12.7. The molecule has 1 unspecified atom stereocenters. The van der Waals surface area contributed by atoms with Crippen LogP contribution >= 0.6 is 15.9 Å². The van der Waals surface area contributed by atoms with Crippen LogP contribution in [0.5, 0.6) is 5.75 Å². The Morgan fingerprint density at radius 1 is 1.21 bits per heavy atom. The molecule has 0 bridgehead atoms. The van der Waals surface area contributed by atoms with Crippen molar-refractivity contribution in [2.75, 3.05) is 17.0 Å². The number of hydrogen-bond donors (Lipinski definition) is 0. The molecule has 0 saturated heterocycles. The van der Waals surface area contributed by atoms with Crippen molar-refractivity contribution >= 4 is 50.6 Å². The van der Waals surface area contributed by atoms with Gasteiger partial charge < -0.3 is 4.74 Å². The molecule has 0 saturated carbocycles. The number of nitrogens with zero attached hydrogens (tertiary/aromatic N) is 4. The van der Waals surface area contributed by atoms with Crippen molar-refractivity contribution in [2.45, 2.75) is 11.8 Å². The minimum Gasteiger partial charge on any atom is -0.497 e. The Morgan fingerprint density at radius 2 is 1.82 bits per heavy atom. The molecule has 10 heteroatoms. The highest BCUT2D eigenvalue weighted by molar-refractivity contribution is 9.10. The summed E-state index contributed by atoms with van der Waals surface area (Å²) in [6, 6.07) is 12.2. The van der Waals surface area contributed by atoms with Crippen molar-refractivity contribution in [2.24, 2.45) is 5.10 Å². The predicted octanol–water partition coefficient (Wildman–Crippen LogP) is 3.08. The zero-order chi connectivity index (χ0) is 20.4. The maximum atomic E-state index is 12.7. The molecule has 2 aromatic carbocycles. The van der Waals surface area contributed by atoms with Gasteiger partial charge in [-0.15, -0.1) is 5.10 Å². The van der Waals surface area contributed by atoms with E-state index in [0.29, 0.717) is 17.1 Å². The van der Waals surface area contributed by atoms with Gasteiger partial charge in [0.1, 0.15) is 5.75 Å². The number of halogens is 1. The van der Waals surface area contributed by atoms with Gasteiger partial charge in [0.15, 0.2) is 10.7 Å². The molecule has 1 atom stereocenters. The SMILES string of the molecule is COc1ccc(N(C(C)=O)C2=NN(c3ccc([N+](=O)[O-])cc3)C(=O)C2Br)cc1. The van der Waals surface area contributed by atoms with Crippen molar-refractivity contribution < 1.29 is 19.2 Å². The summed E-state index contributed by atoms with van der Waals surface area (Å²) in [6.07, 6.45) is 0. The van der Waals surface area contributed by atoms with E-state index in [1.165, 1.54) is 43.2 Å². The molecule has 0 radical (unpaired) electrons. The Hall–Kier alpha value is -3.27. The Kier molecular flexibility index (Phi) is 5.41. The molecule has 0 N–H and O–H groups in total. The molecule has 0 aliphatic carbocycles. The lowest BCUT2D eigenvalue weighted by Gasteiger charge is -2.21. The fourth-order valence-corrected chi connectivity index (χ4v) is 3.18. The lowest BCUT2D eigenvalue weighted by molar-refractivity contribution is -0.384. The van der Waals surface area contributed by atoms with E-state index in [1.807, 2.05) is 0 Å². The van der Waals surface area contributed by atoms with E-state index >= 15 is 0 Å². The van der Waals surface area contributed by atoms with Crippen molar-refractivity contribution in [3.63, 3.8) is 0 Å². The van der Waals surface area contributed by atoms with Crippen LogP contribution < -0.4 is 14.6 Å². The van der Waals surface area contributed by atoms with Crippen molar-refractivity contribution in [3.8, 4) is 5.75 Å². The smallest absolute Gasteiger partial charge is 0.269 e. The Balaban J connectivity index is 1.98. The number of nitro groups is 1. The number of benzene rings is 2. The van der Waals surface area contributed by atoms with Gasteiger partial charge in [0.25, 0.3) is 11.6 Å². The van der Waals surface area contributed by atoms with Gasteiger partial charge in [-0.2, -0.15) is 5.01 Å². The van der Waals surface area contributed by atoms with Gasteiger partial charge in [0.05, 0.1) is 23.4 Å². The second-order valence-corrected chi connectivity index (χ2v) is 6.71. The summed E-state index contributed by atoms with van der Waals surface area (Å²) < 4.78 is 5.12. The zero-order valence-corrected chi connectivity index (χ0v) is 16.5. The third-order valence-corrected chi connectivity index (χ3v) is 4.84. The van der Waals surface area contributed by atoms with Crippen LogP contribution in [-0.2, 0) is 9.59 Å². The number of nitro benzene ring substituents is 1. The monoisotopic (exact) mass is 446 g/mol. The average molecular weight is 447 g/mol. The summed E-state index contributed by atoms with van der Waals surface area (Å²) in [5, 5.41) is 16.2. The summed E-state index contributed by atoms with van der Waals surface area (Å²) in [4.78, 5) is 35.7. The molecule has 9 nitrogen and oxygen atoms in total. The second kappa shape index (κ2) is 7.77. The number of ether oxygens (including phenoxy) is 1. The normalized spacial score (nSPS) is 16.0. The standard InChI is InChI=1S/C18H15BrN4O5/c1-11(24)21(12-7-9-15(28-2)10-8-12)17-16(19)18(25)22(20-17)13-3-5-14(6-4-13)23(26)27/h3-10,16H,1-2H3. The lowest BCUT2D eigenvalue weighted by Crippen LogP contribution is -2.40. The summed E-state index contributed by atoms with van der Waals surface area (Å²) in [6.45, 7) is 1.37. The number of carbonyl (C=O) groups is 2. The van der Waals surface area contributed by atoms with Crippen LogP contribution in [0.15, 0.2) is 53.6 Å². The third kappa shape index (κ3) is 3.58. The third-order valence-electron chi connectivity index (χ3n) is 4.03. The molecule has 0 spiro atoms. The maximum Gasteiger partial charge on any atom is 0.269 e. The predicted molar refractivity (Wildman–Crippen MR) is 107 cm³/mol. The Labute approximate surface area is 168 Å². The first-order valence-electron chi connectivity index (χ1n) is 8.09. The Morgan fingerprint density at radius 3 is 2.32 bits per heavy atom. The van der Waals surface area contributed by atoms with E-state index in [9.17, 15) is 19.7 Å². The van der Waals surface area contributed by atoms with Gasteiger partial charge in [0.2, 0.25) is 5.91 Å². The van der Waals surface area contributed by atoms with Gasteiger partial charge in [-0.25, -0.2) is 0 Å². The second-order valence-electron chi connectivity index (χ2n) is 5.80. The first-order chi connectivity index (χ1) is 13.3. The van der Waals surface area contributed by atoms with Crippen LogP contribution in [0.1, 0.15) is 6.92 Å². The van der Waals surface area contributed by atoms with Crippen LogP contribution in [0.2, 0.25) is 0 Å². The van der Waals surface area contributed by atoms with E-state index in [0.717, 1.165) is 5.01 Å². The molecular formula is C18H15BrN4O5. The van der Waals surface area contributed by atoms with Crippen LogP contribution in [-0.4, -0.2) is 34.5 Å². The number of amidine groups is 1. The van der Waals surface area contributed by atoms with Gasteiger partial charge in [-0.3, -0.25) is 24.6 Å². The largest absolute Gasteiger partial charge is 0.497 e. The molecule has 1 heterocycles. The van der Waals surface area contributed by atoms with Crippen LogP contribution in [0.3, 0.4) is 0 Å². The molecule has 28 heavy (non-hydrogen) atoms. The number of anilines is 2. The first-order valence-corrected chi connectivity index (χ1v) is 9.00.